The third-order valence-corrected chi connectivity index (χ3v) is 2.85. The summed E-state index contributed by atoms with van der Waals surface area (Å²) < 4.78 is 5.38. The molecule has 0 aliphatic carbocycles. The molecular weight excluding hydrogens is 176 g/mol. The van der Waals surface area contributed by atoms with E-state index in [1.807, 2.05) is 37.3 Å². The van der Waals surface area contributed by atoms with Crippen LogP contribution in [0.5, 0.6) is 5.75 Å². The second-order valence-electron chi connectivity index (χ2n) is 3.88. The molecule has 0 saturated carbocycles. The predicted octanol–water partition coefficient (Wildman–Crippen LogP) is 2.23. The van der Waals surface area contributed by atoms with Crippen molar-refractivity contribution in [3.05, 3.63) is 42.5 Å². The van der Waals surface area contributed by atoms with Crippen molar-refractivity contribution in [2.45, 2.75) is 25.0 Å². The van der Waals surface area contributed by atoms with Gasteiger partial charge in [0.1, 0.15) is 5.75 Å². The first kappa shape index (κ1) is 9.28. The van der Waals surface area contributed by atoms with E-state index in [-0.39, 0.29) is 5.41 Å². The van der Waals surface area contributed by atoms with E-state index in [4.69, 9.17) is 4.74 Å². The van der Waals surface area contributed by atoms with E-state index in [0.717, 1.165) is 11.3 Å². The van der Waals surface area contributed by atoms with Gasteiger partial charge in [-0.25, -0.2) is 0 Å². The van der Waals surface area contributed by atoms with E-state index in [1.54, 1.807) is 0 Å². The molecule has 1 aliphatic rings. The lowest BCUT2D eigenvalue weighted by atomic mass is 9.80. The number of para-hydroxylation sites is 1. The zero-order chi connectivity index (χ0) is 10.2. The van der Waals surface area contributed by atoms with Gasteiger partial charge in [0.2, 0.25) is 6.29 Å². The molecule has 1 aliphatic heterocycles. The Morgan fingerprint density at radius 1 is 1.57 bits per heavy atom. The fourth-order valence-electron chi connectivity index (χ4n) is 1.94. The van der Waals surface area contributed by atoms with Gasteiger partial charge in [-0.15, -0.1) is 6.58 Å². The van der Waals surface area contributed by atoms with Gasteiger partial charge < -0.3 is 9.84 Å². The normalized spacial score (nSPS) is 29.4. The highest BCUT2D eigenvalue weighted by Crippen LogP contribution is 2.44. The molecule has 0 fully saturated rings. The number of fused-ring (bicyclic) bond motifs is 1. The summed E-state index contributed by atoms with van der Waals surface area (Å²) in [6.45, 7) is 5.70. The van der Waals surface area contributed by atoms with Crippen molar-refractivity contribution in [2.24, 2.45) is 0 Å². The van der Waals surface area contributed by atoms with E-state index in [1.165, 1.54) is 0 Å². The van der Waals surface area contributed by atoms with Crippen LogP contribution in [0.3, 0.4) is 0 Å². The molecular formula is C12H14O2. The van der Waals surface area contributed by atoms with Gasteiger partial charge in [0, 0.05) is 5.56 Å². The van der Waals surface area contributed by atoms with E-state index in [2.05, 4.69) is 6.58 Å². The molecule has 2 atom stereocenters. The molecule has 1 heterocycles. The van der Waals surface area contributed by atoms with Crippen molar-refractivity contribution >= 4 is 0 Å². The highest BCUT2D eigenvalue weighted by molar-refractivity contribution is 5.44. The monoisotopic (exact) mass is 190 g/mol. The van der Waals surface area contributed by atoms with Crippen LogP contribution in [0.2, 0.25) is 0 Å². The van der Waals surface area contributed by atoms with Crippen LogP contribution in [0.4, 0.5) is 0 Å². The van der Waals surface area contributed by atoms with Crippen LogP contribution in [-0.4, -0.2) is 11.4 Å². The zero-order valence-electron chi connectivity index (χ0n) is 8.23. The van der Waals surface area contributed by atoms with Gasteiger partial charge in [-0.05, 0) is 19.4 Å². The Labute approximate surface area is 83.8 Å². The SMILES string of the molecule is C=CCC1(C)c2ccccc2OC1O. The maximum atomic E-state index is 9.83. The topological polar surface area (TPSA) is 29.5 Å². The largest absolute Gasteiger partial charge is 0.464 e. The first-order valence-electron chi connectivity index (χ1n) is 4.73. The maximum Gasteiger partial charge on any atom is 0.207 e. The number of rotatable bonds is 2. The Kier molecular flexibility index (Phi) is 2.08. The predicted molar refractivity (Wildman–Crippen MR) is 55.2 cm³/mol. The second kappa shape index (κ2) is 3.14. The molecule has 2 heteroatoms. The standard InChI is InChI=1S/C12H14O2/c1-3-8-12(2)9-6-4-5-7-10(9)14-11(12)13/h3-7,11,13H,1,8H2,2H3. The summed E-state index contributed by atoms with van der Waals surface area (Å²) >= 11 is 0. The van der Waals surface area contributed by atoms with Crippen LogP contribution in [0, 0.1) is 0 Å². The molecule has 74 valence electrons. The van der Waals surface area contributed by atoms with Crippen LogP contribution < -0.4 is 4.74 Å². The van der Waals surface area contributed by atoms with E-state index in [0.29, 0.717) is 6.42 Å². The summed E-state index contributed by atoms with van der Waals surface area (Å²) in [6.07, 6.45) is 1.76. The fourth-order valence-corrected chi connectivity index (χ4v) is 1.94. The van der Waals surface area contributed by atoms with Gasteiger partial charge in [0.15, 0.2) is 0 Å². The van der Waals surface area contributed by atoms with Crippen LogP contribution in [0.25, 0.3) is 0 Å². The molecule has 0 amide bonds. The average Bonchev–Trinajstić information content (AvgIpc) is 2.41. The van der Waals surface area contributed by atoms with Crippen molar-refractivity contribution in [3.8, 4) is 5.75 Å². The number of hydrogen-bond donors (Lipinski definition) is 1. The van der Waals surface area contributed by atoms with Crippen molar-refractivity contribution in [2.75, 3.05) is 0 Å². The summed E-state index contributed by atoms with van der Waals surface area (Å²) in [6, 6.07) is 7.74. The van der Waals surface area contributed by atoms with Gasteiger partial charge in [-0.1, -0.05) is 24.3 Å². The van der Waals surface area contributed by atoms with Gasteiger partial charge >= 0.3 is 0 Å². The lowest BCUT2D eigenvalue weighted by Gasteiger charge is -2.24. The zero-order valence-corrected chi connectivity index (χ0v) is 8.23. The van der Waals surface area contributed by atoms with Crippen molar-refractivity contribution < 1.29 is 9.84 Å². The van der Waals surface area contributed by atoms with Crippen LogP contribution in [0.15, 0.2) is 36.9 Å². The number of allylic oxidation sites excluding steroid dienone is 1. The van der Waals surface area contributed by atoms with Crippen LogP contribution >= 0.6 is 0 Å². The molecule has 1 aromatic carbocycles. The van der Waals surface area contributed by atoms with Crippen molar-refractivity contribution in [3.63, 3.8) is 0 Å². The average molecular weight is 190 g/mol. The molecule has 0 bridgehead atoms. The number of ether oxygens (including phenoxy) is 1. The molecule has 1 aromatic rings. The van der Waals surface area contributed by atoms with E-state index < -0.39 is 6.29 Å². The minimum Gasteiger partial charge on any atom is -0.464 e. The fraction of sp³-hybridized carbons (Fsp3) is 0.333. The Morgan fingerprint density at radius 3 is 3.00 bits per heavy atom. The third kappa shape index (κ3) is 1.15. The lowest BCUT2D eigenvalue weighted by Crippen LogP contribution is -2.34. The van der Waals surface area contributed by atoms with E-state index >= 15 is 0 Å². The maximum absolute atomic E-state index is 9.83. The number of aliphatic hydroxyl groups is 1. The first-order valence-corrected chi connectivity index (χ1v) is 4.73. The molecule has 2 nitrogen and oxygen atoms in total. The highest BCUT2D eigenvalue weighted by Gasteiger charge is 2.43. The van der Waals surface area contributed by atoms with Gasteiger partial charge in [0.05, 0.1) is 5.41 Å². The van der Waals surface area contributed by atoms with Crippen LogP contribution in [0.1, 0.15) is 18.9 Å². The Balaban J connectivity index is 2.48. The van der Waals surface area contributed by atoms with Gasteiger partial charge in [-0.3, -0.25) is 0 Å². The molecule has 2 unspecified atom stereocenters. The molecule has 0 radical (unpaired) electrons. The second-order valence-corrected chi connectivity index (χ2v) is 3.88. The van der Waals surface area contributed by atoms with Crippen LogP contribution in [-0.2, 0) is 5.41 Å². The number of aliphatic hydroxyl groups excluding tert-OH is 1. The summed E-state index contributed by atoms with van der Waals surface area (Å²) in [5.74, 6) is 0.782. The summed E-state index contributed by atoms with van der Waals surface area (Å²) in [4.78, 5) is 0. The van der Waals surface area contributed by atoms with E-state index in [9.17, 15) is 5.11 Å². The quantitative estimate of drug-likeness (QED) is 0.725. The summed E-state index contributed by atoms with van der Waals surface area (Å²) in [7, 11) is 0. The van der Waals surface area contributed by atoms with Crippen molar-refractivity contribution in [1.29, 1.82) is 0 Å². The minimum absolute atomic E-state index is 0.349. The first-order chi connectivity index (χ1) is 6.68. The number of hydrogen-bond acceptors (Lipinski definition) is 2. The Bertz CT molecular complexity index is 359. The molecule has 1 N–H and O–H groups in total. The molecule has 0 spiro atoms. The van der Waals surface area contributed by atoms with Gasteiger partial charge in [0.25, 0.3) is 0 Å². The van der Waals surface area contributed by atoms with Crippen molar-refractivity contribution in [1.82, 2.24) is 0 Å². The smallest absolute Gasteiger partial charge is 0.207 e. The minimum atomic E-state index is -0.766. The molecule has 0 aromatic heterocycles. The van der Waals surface area contributed by atoms with Gasteiger partial charge in [-0.2, -0.15) is 0 Å². The third-order valence-electron chi connectivity index (χ3n) is 2.85. The molecule has 2 rings (SSSR count). The highest BCUT2D eigenvalue weighted by atomic mass is 16.6. The molecule has 0 saturated heterocycles. The molecule has 14 heavy (non-hydrogen) atoms. The Morgan fingerprint density at radius 2 is 2.29 bits per heavy atom. The summed E-state index contributed by atoms with van der Waals surface area (Å²) in [5, 5.41) is 9.83. The summed E-state index contributed by atoms with van der Waals surface area (Å²) in [5.41, 5.74) is 0.714. The Hall–Kier alpha value is -1.28. The lowest BCUT2D eigenvalue weighted by molar-refractivity contribution is -0.0499. The number of benzene rings is 1.